The lowest BCUT2D eigenvalue weighted by Crippen LogP contribution is -2.29. The van der Waals surface area contributed by atoms with E-state index >= 15 is 0 Å². The smallest absolute Gasteiger partial charge is 0.206 e. The lowest BCUT2D eigenvalue weighted by molar-refractivity contribution is 0.399. The fourth-order valence-corrected chi connectivity index (χ4v) is 5.61. The van der Waals surface area contributed by atoms with Crippen LogP contribution in [-0.4, -0.2) is 19.8 Å². The molecule has 0 spiro atoms. The van der Waals surface area contributed by atoms with Crippen LogP contribution in [0.2, 0.25) is 0 Å². The number of aryl methyl sites for hydroxylation is 1. The standard InChI is InChI=1S/C14H16BrNO2S2/c1-10-9-13(19-14(10)15)20(17,18)16(3)11(2)12-7-5-4-6-8-12/h4-9,11H,1-3H3. The second-order valence-electron chi connectivity index (χ2n) is 4.63. The van der Waals surface area contributed by atoms with Gasteiger partial charge in [0.15, 0.2) is 0 Å². The summed E-state index contributed by atoms with van der Waals surface area (Å²) < 4.78 is 27.9. The fourth-order valence-electron chi connectivity index (χ4n) is 1.85. The minimum atomic E-state index is -3.47. The summed E-state index contributed by atoms with van der Waals surface area (Å²) in [5.74, 6) is 0. The predicted molar refractivity (Wildman–Crippen MR) is 86.6 cm³/mol. The van der Waals surface area contributed by atoms with E-state index in [0.29, 0.717) is 4.21 Å². The van der Waals surface area contributed by atoms with E-state index in [9.17, 15) is 8.42 Å². The topological polar surface area (TPSA) is 37.4 Å². The molecular formula is C14H16BrNO2S2. The van der Waals surface area contributed by atoms with Crippen molar-refractivity contribution in [1.29, 1.82) is 0 Å². The van der Waals surface area contributed by atoms with Gasteiger partial charge in [-0.15, -0.1) is 11.3 Å². The van der Waals surface area contributed by atoms with Crippen molar-refractivity contribution in [2.45, 2.75) is 24.1 Å². The van der Waals surface area contributed by atoms with Gasteiger partial charge in [0.1, 0.15) is 4.21 Å². The molecule has 1 atom stereocenters. The van der Waals surface area contributed by atoms with E-state index in [1.165, 1.54) is 15.6 Å². The molecule has 1 unspecified atom stereocenters. The Morgan fingerprint density at radius 1 is 1.25 bits per heavy atom. The molecule has 0 aliphatic heterocycles. The van der Waals surface area contributed by atoms with E-state index in [4.69, 9.17) is 0 Å². The van der Waals surface area contributed by atoms with Crippen LogP contribution in [0.3, 0.4) is 0 Å². The Bertz CT molecular complexity index is 676. The van der Waals surface area contributed by atoms with Crippen molar-refractivity contribution in [1.82, 2.24) is 4.31 Å². The van der Waals surface area contributed by atoms with Crippen molar-refractivity contribution < 1.29 is 8.42 Å². The largest absolute Gasteiger partial charge is 0.252 e. The summed E-state index contributed by atoms with van der Waals surface area (Å²) in [5, 5.41) is 0. The second kappa shape index (κ2) is 5.97. The summed E-state index contributed by atoms with van der Waals surface area (Å²) in [4.78, 5) is 0. The first-order valence-electron chi connectivity index (χ1n) is 6.13. The third-order valence-electron chi connectivity index (χ3n) is 3.30. The van der Waals surface area contributed by atoms with Crippen molar-refractivity contribution in [3.63, 3.8) is 0 Å². The first kappa shape index (κ1) is 15.7. The van der Waals surface area contributed by atoms with E-state index in [1.807, 2.05) is 44.2 Å². The average molecular weight is 374 g/mol. The maximum absolute atomic E-state index is 12.6. The Morgan fingerprint density at radius 3 is 2.35 bits per heavy atom. The molecule has 1 aromatic heterocycles. The van der Waals surface area contributed by atoms with Crippen molar-refractivity contribution in [3.8, 4) is 0 Å². The van der Waals surface area contributed by atoms with Gasteiger partial charge in [-0.2, -0.15) is 4.31 Å². The summed E-state index contributed by atoms with van der Waals surface area (Å²) in [6.45, 7) is 3.78. The van der Waals surface area contributed by atoms with Gasteiger partial charge < -0.3 is 0 Å². The number of sulfonamides is 1. The van der Waals surface area contributed by atoms with Gasteiger partial charge in [-0.1, -0.05) is 30.3 Å². The Kier molecular flexibility index (Phi) is 4.69. The maximum atomic E-state index is 12.6. The van der Waals surface area contributed by atoms with Crippen LogP contribution in [-0.2, 0) is 10.0 Å². The number of thiophene rings is 1. The lowest BCUT2D eigenvalue weighted by atomic mass is 10.1. The van der Waals surface area contributed by atoms with Crippen LogP contribution in [0.15, 0.2) is 44.4 Å². The maximum Gasteiger partial charge on any atom is 0.252 e. The molecule has 0 aliphatic rings. The highest BCUT2D eigenvalue weighted by Gasteiger charge is 2.28. The van der Waals surface area contributed by atoms with Crippen LogP contribution in [0.5, 0.6) is 0 Å². The van der Waals surface area contributed by atoms with Crippen molar-refractivity contribution >= 4 is 37.3 Å². The highest BCUT2D eigenvalue weighted by atomic mass is 79.9. The normalized spacial score (nSPS) is 13.7. The SMILES string of the molecule is Cc1cc(S(=O)(=O)N(C)C(C)c2ccccc2)sc1Br. The minimum absolute atomic E-state index is 0.206. The predicted octanol–water partition coefficient (Wildman–Crippen LogP) is 4.20. The monoisotopic (exact) mass is 373 g/mol. The molecule has 108 valence electrons. The summed E-state index contributed by atoms with van der Waals surface area (Å²) in [6.07, 6.45) is 0. The molecule has 3 nitrogen and oxygen atoms in total. The van der Waals surface area contributed by atoms with Gasteiger partial charge in [0.2, 0.25) is 0 Å². The molecule has 2 aromatic rings. The Morgan fingerprint density at radius 2 is 1.85 bits per heavy atom. The van der Waals surface area contributed by atoms with Crippen molar-refractivity contribution in [3.05, 3.63) is 51.3 Å². The summed E-state index contributed by atoms with van der Waals surface area (Å²) in [7, 11) is -1.85. The van der Waals surface area contributed by atoms with Gasteiger partial charge in [0.25, 0.3) is 10.0 Å². The summed E-state index contributed by atoms with van der Waals surface area (Å²) in [6, 6.07) is 11.1. The molecule has 0 amide bonds. The Balaban J connectivity index is 2.34. The van der Waals surface area contributed by atoms with Crippen molar-refractivity contribution in [2.75, 3.05) is 7.05 Å². The molecule has 1 aromatic carbocycles. The highest BCUT2D eigenvalue weighted by molar-refractivity contribution is 9.11. The number of hydrogen-bond donors (Lipinski definition) is 0. The Hall–Kier alpha value is -0.690. The first-order chi connectivity index (χ1) is 9.34. The number of benzene rings is 1. The lowest BCUT2D eigenvalue weighted by Gasteiger charge is -2.23. The van der Waals surface area contributed by atoms with Crippen LogP contribution in [0.4, 0.5) is 0 Å². The van der Waals surface area contributed by atoms with E-state index < -0.39 is 10.0 Å². The first-order valence-corrected chi connectivity index (χ1v) is 9.18. The number of halogens is 1. The van der Waals surface area contributed by atoms with Gasteiger partial charge in [-0.05, 0) is 47.0 Å². The van der Waals surface area contributed by atoms with Gasteiger partial charge in [0, 0.05) is 13.1 Å². The van der Waals surface area contributed by atoms with Crippen LogP contribution in [0.1, 0.15) is 24.1 Å². The molecule has 0 fully saturated rings. The highest BCUT2D eigenvalue weighted by Crippen LogP contribution is 2.34. The van der Waals surface area contributed by atoms with Gasteiger partial charge in [-0.25, -0.2) is 8.42 Å². The summed E-state index contributed by atoms with van der Waals surface area (Å²) in [5.41, 5.74) is 1.92. The van der Waals surface area contributed by atoms with E-state index in [2.05, 4.69) is 15.9 Å². The zero-order valence-electron chi connectivity index (χ0n) is 11.5. The Labute approximate surface area is 132 Å². The van der Waals surface area contributed by atoms with Crippen LogP contribution in [0.25, 0.3) is 0 Å². The average Bonchev–Trinajstić information content (AvgIpc) is 2.78. The molecule has 2 rings (SSSR count). The van der Waals surface area contributed by atoms with E-state index in [-0.39, 0.29) is 6.04 Å². The third-order valence-corrected chi connectivity index (χ3v) is 7.81. The molecule has 1 heterocycles. The molecule has 0 bridgehead atoms. The molecule has 0 aliphatic carbocycles. The van der Waals surface area contributed by atoms with E-state index in [0.717, 1.165) is 14.9 Å². The van der Waals surface area contributed by atoms with Gasteiger partial charge >= 0.3 is 0 Å². The quantitative estimate of drug-likeness (QED) is 0.804. The van der Waals surface area contributed by atoms with Crippen LogP contribution < -0.4 is 0 Å². The molecule has 0 N–H and O–H groups in total. The summed E-state index contributed by atoms with van der Waals surface area (Å²) >= 11 is 4.62. The molecule has 0 radical (unpaired) electrons. The fraction of sp³-hybridized carbons (Fsp3) is 0.286. The van der Waals surface area contributed by atoms with Crippen LogP contribution in [0, 0.1) is 6.92 Å². The number of hydrogen-bond acceptors (Lipinski definition) is 3. The number of nitrogens with zero attached hydrogens (tertiary/aromatic N) is 1. The molecule has 20 heavy (non-hydrogen) atoms. The van der Waals surface area contributed by atoms with Crippen molar-refractivity contribution in [2.24, 2.45) is 0 Å². The molecular weight excluding hydrogens is 358 g/mol. The van der Waals surface area contributed by atoms with E-state index in [1.54, 1.807) is 13.1 Å². The number of rotatable bonds is 4. The second-order valence-corrected chi connectivity index (χ2v) is 9.22. The third kappa shape index (κ3) is 2.98. The molecule has 6 heteroatoms. The van der Waals surface area contributed by atoms with Crippen LogP contribution >= 0.6 is 27.3 Å². The van der Waals surface area contributed by atoms with Gasteiger partial charge in [0.05, 0.1) is 3.79 Å². The van der Waals surface area contributed by atoms with Gasteiger partial charge in [-0.3, -0.25) is 0 Å². The molecule has 0 saturated carbocycles. The molecule has 0 saturated heterocycles. The minimum Gasteiger partial charge on any atom is -0.206 e. The zero-order chi connectivity index (χ0) is 14.9. The zero-order valence-corrected chi connectivity index (χ0v) is 14.7.